The molecule has 1 nitrogen and oxygen atoms in total. The Morgan fingerprint density at radius 3 is 2.30 bits per heavy atom. The van der Waals surface area contributed by atoms with Gasteiger partial charge in [0.2, 0.25) is 0 Å². The highest BCUT2D eigenvalue weighted by Crippen LogP contribution is 2.30. The lowest BCUT2D eigenvalue weighted by atomic mass is 9.85. The highest BCUT2D eigenvalue weighted by Gasteiger charge is 2.30. The molecule has 2 aromatic carbocycles. The van der Waals surface area contributed by atoms with Crippen LogP contribution in [0, 0.1) is 5.92 Å². The first-order valence-electron chi connectivity index (χ1n) is 8.00. The Morgan fingerprint density at radius 1 is 0.957 bits per heavy atom. The van der Waals surface area contributed by atoms with Gasteiger partial charge in [-0.25, -0.2) is 0 Å². The molecule has 0 atom stereocenters. The van der Waals surface area contributed by atoms with E-state index in [1.54, 1.807) is 6.07 Å². The first-order valence-corrected chi connectivity index (χ1v) is 8.00. The van der Waals surface area contributed by atoms with Gasteiger partial charge in [0.1, 0.15) is 0 Å². The highest BCUT2D eigenvalue weighted by atomic mass is 19.4. The van der Waals surface area contributed by atoms with Crippen LogP contribution < -0.4 is 5.32 Å². The van der Waals surface area contributed by atoms with Gasteiger partial charge < -0.3 is 5.32 Å². The van der Waals surface area contributed by atoms with Crippen molar-refractivity contribution < 1.29 is 13.2 Å². The second kappa shape index (κ2) is 6.65. The summed E-state index contributed by atoms with van der Waals surface area (Å²) in [5.41, 5.74) is 2.17. The molecule has 122 valence electrons. The molecule has 0 amide bonds. The van der Waals surface area contributed by atoms with Crippen molar-refractivity contribution >= 4 is 5.69 Å². The molecule has 0 aromatic heterocycles. The van der Waals surface area contributed by atoms with Crippen molar-refractivity contribution in [3.63, 3.8) is 0 Å². The van der Waals surface area contributed by atoms with Gasteiger partial charge in [-0.3, -0.25) is 0 Å². The van der Waals surface area contributed by atoms with Crippen LogP contribution in [0.1, 0.15) is 36.0 Å². The van der Waals surface area contributed by atoms with Crippen LogP contribution in [0.3, 0.4) is 0 Å². The maximum absolute atomic E-state index is 12.7. The highest BCUT2D eigenvalue weighted by molar-refractivity contribution is 5.45. The second-order valence-corrected chi connectivity index (χ2v) is 6.25. The zero-order valence-electron chi connectivity index (χ0n) is 12.9. The number of hydrogen-bond donors (Lipinski definition) is 1. The Morgan fingerprint density at radius 2 is 1.70 bits per heavy atom. The number of benzene rings is 2. The number of rotatable bonds is 5. The van der Waals surface area contributed by atoms with Crippen molar-refractivity contribution in [2.24, 2.45) is 5.92 Å². The molecule has 2 aromatic rings. The van der Waals surface area contributed by atoms with Gasteiger partial charge in [-0.15, -0.1) is 0 Å². The third kappa shape index (κ3) is 4.27. The van der Waals surface area contributed by atoms with E-state index in [1.807, 2.05) is 24.3 Å². The van der Waals surface area contributed by atoms with Crippen molar-refractivity contribution in [1.29, 1.82) is 0 Å². The van der Waals surface area contributed by atoms with Gasteiger partial charge in [0.15, 0.2) is 0 Å². The van der Waals surface area contributed by atoms with E-state index in [-0.39, 0.29) is 0 Å². The van der Waals surface area contributed by atoms with Gasteiger partial charge in [0, 0.05) is 12.2 Å². The molecule has 0 aliphatic heterocycles. The zero-order chi connectivity index (χ0) is 16.3. The summed E-state index contributed by atoms with van der Waals surface area (Å²) in [6.07, 6.45) is 0.168. The number of hydrogen-bond acceptors (Lipinski definition) is 1. The van der Waals surface area contributed by atoms with Crippen molar-refractivity contribution in [2.45, 2.75) is 31.9 Å². The summed E-state index contributed by atoms with van der Waals surface area (Å²) in [6.45, 7) is 1.01. The minimum Gasteiger partial charge on any atom is -0.385 e. The van der Waals surface area contributed by atoms with Gasteiger partial charge in [-0.05, 0) is 54.5 Å². The van der Waals surface area contributed by atoms with Crippen LogP contribution in [-0.2, 0) is 12.6 Å². The fourth-order valence-electron chi connectivity index (χ4n) is 2.79. The Balaban J connectivity index is 1.61. The van der Waals surface area contributed by atoms with E-state index in [9.17, 15) is 13.2 Å². The van der Waals surface area contributed by atoms with Crippen molar-refractivity contribution in [2.75, 3.05) is 11.9 Å². The maximum atomic E-state index is 12.7. The lowest BCUT2D eigenvalue weighted by Crippen LogP contribution is -2.20. The largest absolute Gasteiger partial charge is 0.416 e. The maximum Gasteiger partial charge on any atom is 0.416 e. The monoisotopic (exact) mass is 319 g/mol. The van der Waals surface area contributed by atoms with E-state index < -0.39 is 11.7 Å². The fraction of sp³-hybridized carbons (Fsp3) is 0.368. The van der Waals surface area contributed by atoms with Crippen LogP contribution in [-0.4, -0.2) is 6.54 Å². The number of nitrogens with one attached hydrogen (secondary N) is 1. The Kier molecular flexibility index (Phi) is 4.60. The lowest BCUT2D eigenvalue weighted by molar-refractivity contribution is -0.137. The van der Waals surface area contributed by atoms with E-state index in [4.69, 9.17) is 0 Å². The molecule has 0 spiro atoms. The third-order valence-electron chi connectivity index (χ3n) is 4.44. The van der Waals surface area contributed by atoms with Crippen LogP contribution in [0.2, 0.25) is 0 Å². The Labute approximate surface area is 134 Å². The van der Waals surface area contributed by atoms with E-state index in [1.165, 1.54) is 31.4 Å². The van der Waals surface area contributed by atoms with E-state index in [0.717, 1.165) is 29.8 Å². The van der Waals surface area contributed by atoms with Gasteiger partial charge in [-0.1, -0.05) is 36.8 Å². The summed E-state index contributed by atoms with van der Waals surface area (Å²) in [5, 5.41) is 3.42. The Bertz CT molecular complexity index is 642. The molecule has 0 heterocycles. The molecule has 1 fully saturated rings. The Hall–Kier alpha value is -1.97. The van der Waals surface area contributed by atoms with Gasteiger partial charge in [0.25, 0.3) is 0 Å². The lowest BCUT2D eigenvalue weighted by Gasteiger charge is -2.25. The van der Waals surface area contributed by atoms with Crippen LogP contribution in [0.4, 0.5) is 18.9 Å². The normalized spacial score (nSPS) is 15.3. The van der Waals surface area contributed by atoms with Crippen molar-refractivity contribution in [3.05, 3.63) is 65.2 Å². The van der Waals surface area contributed by atoms with Gasteiger partial charge in [0.05, 0.1) is 5.56 Å². The minimum atomic E-state index is -4.29. The smallest absolute Gasteiger partial charge is 0.385 e. The minimum absolute atomic E-state index is 0.507. The van der Waals surface area contributed by atoms with Crippen molar-refractivity contribution in [1.82, 2.24) is 0 Å². The first kappa shape index (κ1) is 15.9. The third-order valence-corrected chi connectivity index (χ3v) is 4.44. The van der Waals surface area contributed by atoms with E-state index in [2.05, 4.69) is 5.32 Å². The van der Waals surface area contributed by atoms with Crippen LogP contribution in [0.25, 0.3) is 0 Å². The standard InChI is InChI=1S/C19H20F3N/c20-19(21,22)17-6-2-5-16(12-17)11-14-7-9-18(10-8-14)23-13-15-3-1-4-15/h2,5-10,12,15,23H,1,3-4,11,13H2. The molecule has 3 rings (SSSR count). The second-order valence-electron chi connectivity index (χ2n) is 6.25. The molecule has 0 radical (unpaired) electrons. The molecule has 23 heavy (non-hydrogen) atoms. The van der Waals surface area contributed by atoms with Gasteiger partial charge >= 0.3 is 6.18 Å². The van der Waals surface area contributed by atoms with Crippen LogP contribution in [0.5, 0.6) is 0 Å². The summed E-state index contributed by atoms with van der Waals surface area (Å²) < 4.78 is 38.2. The molecule has 1 saturated carbocycles. The molecule has 0 unspecified atom stereocenters. The summed E-state index contributed by atoms with van der Waals surface area (Å²) in [7, 11) is 0. The molecule has 1 aliphatic carbocycles. The molecule has 1 N–H and O–H groups in total. The fourth-order valence-corrected chi connectivity index (χ4v) is 2.79. The quantitative estimate of drug-likeness (QED) is 0.766. The predicted molar refractivity (Wildman–Crippen MR) is 86.5 cm³/mol. The molecule has 4 heteroatoms. The number of halogens is 3. The summed E-state index contributed by atoms with van der Waals surface area (Å²) >= 11 is 0. The topological polar surface area (TPSA) is 12.0 Å². The van der Waals surface area contributed by atoms with Gasteiger partial charge in [-0.2, -0.15) is 13.2 Å². The number of alkyl halides is 3. The summed E-state index contributed by atoms with van der Waals surface area (Å²) in [5.74, 6) is 0.791. The van der Waals surface area contributed by atoms with Crippen molar-refractivity contribution in [3.8, 4) is 0 Å². The molecular formula is C19H20F3N. The average Bonchev–Trinajstić information content (AvgIpc) is 2.47. The molecule has 0 saturated heterocycles. The summed E-state index contributed by atoms with van der Waals surface area (Å²) in [6, 6.07) is 13.5. The molecular weight excluding hydrogens is 299 g/mol. The zero-order valence-corrected chi connectivity index (χ0v) is 12.9. The SMILES string of the molecule is FC(F)(F)c1cccc(Cc2ccc(NCC3CCC3)cc2)c1. The van der Waals surface area contributed by atoms with Crippen LogP contribution >= 0.6 is 0 Å². The van der Waals surface area contributed by atoms with E-state index in [0.29, 0.717) is 12.0 Å². The molecule has 1 aliphatic rings. The summed E-state index contributed by atoms with van der Waals surface area (Å²) in [4.78, 5) is 0. The number of anilines is 1. The van der Waals surface area contributed by atoms with E-state index >= 15 is 0 Å². The van der Waals surface area contributed by atoms with Crippen LogP contribution in [0.15, 0.2) is 48.5 Å². The first-order chi connectivity index (χ1) is 11.0. The molecule has 0 bridgehead atoms. The average molecular weight is 319 g/mol. The predicted octanol–water partition coefficient (Wildman–Crippen LogP) is 5.51.